The molecule has 1 saturated heterocycles. The molecular weight excluding hydrogens is 269 g/mol. The van der Waals surface area contributed by atoms with Crippen molar-refractivity contribution >= 4 is 17.5 Å². The number of carbonyl (C=O) groups excluding carboxylic acids is 1. The van der Waals surface area contributed by atoms with Crippen LogP contribution in [0.5, 0.6) is 0 Å². The Morgan fingerprint density at radius 2 is 2.32 bits per heavy atom. The van der Waals surface area contributed by atoms with Crippen LogP contribution in [0.25, 0.3) is 0 Å². The molecule has 0 spiro atoms. The summed E-state index contributed by atoms with van der Waals surface area (Å²) in [6, 6.07) is 3.81. The van der Waals surface area contributed by atoms with Gasteiger partial charge in [-0.2, -0.15) is 0 Å². The molecule has 1 aromatic carbocycles. The molecule has 1 heterocycles. The molecule has 1 aliphatic rings. The van der Waals surface area contributed by atoms with Gasteiger partial charge in [0.1, 0.15) is 5.82 Å². The van der Waals surface area contributed by atoms with Gasteiger partial charge in [-0.3, -0.25) is 4.79 Å². The fourth-order valence-corrected chi connectivity index (χ4v) is 2.46. The Kier molecular flexibility index (Phi) is 4.77. The number of ether oxygens (including phenoxy) is 1. The minimum atomic E-state index is -0.445. The first-order valence-electron chi connectivity index (χ1n) is 6.40. The highest BCUT2D eigenvalue weighted by atomic mass is 35.5. The summed E-state index contributed by atoms with van der Waals surface area (Å²) in [5, 5.41) is 0.140. The van der Waals surface area contributed by atoms with Gasteiger partial charge in [0.15, 0.2) is 0 Å². The summed E-state index contributed by atoms with van der Waals surface area (Å²) in [6.45, 7) is 1.29. The highest BCUT2D eigenvalue weighted by molar-refractivity contribution is 6.33. The first-order chi connectivity index (χ1) is 9.08. The quantitative estimate of drug-likeness (QED) is 0.854. The van der Waals surface area contributed by atoms with E-state index in [1.54, 1.807) is 11.9 Å². The number of hydrogen-bond donors (Lipinski definition) is 0. The molecule has 1 aromatic rings. The van der Waals surface area contributed by atoms with Crippen molar-refractivity contribution in [1.82, 2.24) is 4.90 Å². The topological polar surface area (TPSA) is 29.5 Å². The Morgan fingerprint density at radius 1 is 1.53 bits per heavy atom. The van der Waals surface area contributed by atoms with Crippen molar-refractivity contribution in [3.63, 3.8) is 0 Å². The maximum Gasteiger partial charge on any atom is 0.255 e. The minimum Gasteiger partial charge on any atom is -0.376 e. The zero-order valence-corrected chi connectivity index (χ0v) is 11.6. The van der Waals surface area contributed by atoms with Gasteiger partial charge in [0.25, 0.3) is 5.91 Å². The molecule has 3 nitrogen and oxygen atoms in total. The third kappa shape index (κ3) is 3.67. The van der Waals surface area contributed by atoms with E-state index in [9.17, 15) is 9.18 Å². The predicted molar refractivity (Wildman–Crippen MR) is 72.0 cm³/mol. The van der Waals surface area contributed by atoms with Crippen molar-refractivity contribution in [1.29, 1.82) is 0 Å². The number of likely N-dealkylation sites (N-methyl/N-ethyl adjacent to an activating group) is 1. The molecule has 0 saturated carbocycles. The molecule has 2 rings (SSSR count). The summed E-state index contributed by atoms with van der Waals surface area (Å²) in [7, 11) is 1.71. The van der Waals surface area contributed by atoms with Crippen molar-refractivity contribution in [3.05, 3.63) is 34.6 Å². The van der Waals surface area contributed by atoms with Crippen LogP contribution in [0.15, 0.2) is 18.2 Å². The van der Waals surface area contributed by atoms with Gasteiger partial charge in [-0.15, -0.1) is 0 Å². The number of benzene rings is 1. The largest absolute Gasteiger partial charge is 0.376 e. The predicted octanol–water partition coefficient (Wildman–Crippen LogP) is 3.12. The fraction of sp³-hybridized carbons (Fsp3) is 0.500. The molecule has 19 heavy (non-hydrogen) atoms. The van der Waals surface area contributed by atoms with Crippen molar-refractivity contribution in [2.24, 2.45) is 0 Å². The van der Waals surface area contributed by atoms with E-state index in [0.29, 0.717) is 12.1 Å². The van der Waals surface area contributed by atoms with E-state index < -0.39 is 5.82 Å². The maximum absolute atomic E-state index is 13.0. The van der Waals surface area contributed by atoms with Crippen LogP contribution in [0.1, 0.15) is 29.6 Å². The van der Waals surface area contributed by atoms with Gasteiger partial charge in [-0.25, -0.2) is 4.39 Å². The molecule has 0 unspecified atom stereocenters. The molecule has 0 N–H and O–H groups in total. The van der Waals surface area contributed by atoms with Gasteiger partial charge >= 0.3 is 0 Å². The Hall–Kier alpha value is -1.13. The molecule has 1 fully saturated rings. The molecule has 1 amide bonds. The molecule has 1 atom stereocenters. The average Bonchev–Trinajstić information content (AvgIpc) is 2.39. The maximum atomic E-state index is 13.0. The molecule has 0 bridgehead atoms. The Morgan fingerprint density at radius 3 is 2.95 bits per heavy atom. The SMILES string of the molecule is CN(C[C@@H]1CCCCO1)C(=O)c1ccc(F)cc1Cl. The van der Waals surface area contributed by atoms with Crippen LogP contribution in [0, 0.1) is 5.82 Å². The zero-order valence-electron chi connectivity index (χ0n) is 10.9. The van der Waals surface area contributed by atoms with Crippen LogP contribution in [-0.4, -0.2) is 37.1 Å². The normalized spacial score (nSPS) is 19.2. The van der Waals surface area contributed by atoms with E-state index in [1.807, 2.05) is 0 Å². The third-order valence-electron chi connectivity index (χ3n) is 3.26. The standard InChI is InChI=1S/C14H17ClFNO2/c1-17(9-11-4-2-3-7-19-11)14(18)12-6-5-10(16)8-13(12)15/h5-6,8,11H,2-4,7,9H2,1H3/t11-/m0/s1. The van der Waals surface area contributed by atoms with E-state index in [2.05, 4.69) is 0 Å². The number of halogens is 2. The van der Waals surface area contributed by atoms with Gasteiger partial charge in [-0.05, 0) is 37.5 Å². The van der Waals surface area contributed by atoms with Crippen LogP contribution in [0.3, 0.4) is 0 Å². The lowest BCUT2D eigenvalue weighted by atomic mass is 10.1. The minimum absolute atomic E-state index is 0.0851. The second kappa shape index (κ2) is 6.35. The molecular formula is C14H17ClFNO2. The third-order valence-corrected chi connectivity index (χ3v) is 3.57. The van der Waals surface area contributed by atoms with Crippen LogP contribution in [-0.2, 0) is 4.74 Å². The number of hydrogen-bond acceptors (Lipinski definition) is 2. The van der Waals surface area contributed by atoms with Crippen molar-refractivity contribution < 1.29 is 13.9 Å². The van der Waals surface area contributed by atoms with E-state index in [1.165, 1.54) is 12.1 Å². The lowest BCUT2D eigenvalue weighted by Gasteiger charge is -2.27. The van der Waals surface area contributed by atoms with Gasteiger partial charge in [0, 0.05) is 20.2 Å². The summed E-state index contributed by atoms with van der Waals surface area (Å²) >= 11 is 5.89. The van der Waals surface area contributed by atoms with Crippen LogP contribution >= 0.6 is 11.6 Å². The Labute approximate surface area is 117 Å². The Balaban J connectivity index is 2.01. The first kappa shape index (κ1) is 14.3. The molecule has 1 aliphatic heterocycles. The molecule has 104 valence electrons. The molecule has 0 aliphatic carbocycles. The van der Waals surface area contributed by atoms with E-state index >= 15 is 0 Å². The van der Waals surface area contributed by atoms with Crippen molar-refractivity contribution in [2.75, 3.05) is 20.2 Å². The van der Waals surface area contributed by atoms with Crippen molar-refractivity contribution in [2.45, 2.75) is 25.4 Å². The second-order valence-corrected chi connectivity index (χ2v) is 5.21. The first-order valence-corrected chi connectivity index (χ1v) is 6.78. The van der Waals surface area contributed by atoms with Crippen LogP contribution < -0.4 is 0 Å². The number of carbonyl (C=O) groups is 1. The summed E-state index contributed by atoms with van der Waals surface area (Å²) < 4.78 is 18.6. The monoisotopic (exact) mass is 285 g/mol. The number of nitrogens with zero attached hydrogens (tertiary/aromatic N) is 1. The highest BCUT2D eigenvalue weighted by Crippen LogP contribution is 2.20. The number of amides is 1. The second-order valence-electron chi connectivity index (χ2n) is 4.80. The van der Waals surface area contributed by atoms with Gasteiger partial charge in [0.05, 0.1) is 16.7 Å². The summed E-state index contributed by atoms with van der Waals surface area (Å²) in [4.78, 5) is 13.8. The van der Waals surface area contributed by atoms with Crippen molar-refractivity contribution in [3.8, 4) is 0 Å². The van der Waals surface area contributed by atoms with Gasteiger partial charge < -0.3 is 9.64 Å². The fourth-order valence-electron chi connectivity index (χ4n) is 2.21. The molecule has 0 radical (unpaired) electrons. The zero-order chi connectivity index (χ0) is 13.8. The Bertz CT molecular complexity index is 461. The van der Waals surface area contributed by atoms with Crippen LogP contribution in [0.2, 0.25) is 5.02 Å². The van der Waals surface area contributed by atoms with E-state index in [-0.39, 0.29) is 17.0 Å². The molecule has 0 aromatic heterocycles. The lowest BCUT2D eigenvalue weighted by Crippen LogP contribution is -2.37. The molecule has 5 heteroatoms. The summed E-state index contributed by atoms with van der Waals surface area (Å²) in [5.41, 5.74) is 0.321. The van der Waals surface area contributed by atoms with E-state index in [0.717, 1.165) is 31.9 Å². The summed E-state index contributed by atoms with van der Waals surface area (Å²) in [5.74, 6) is -0.654. The van der Waals surface area contributed by atoms with E-state index in [4.69, 9.17) is 16.3 Å². The van der Waals surface area contributed by atoms with Gasteiger partial charge in [-0.1, -0.05) is 11.6 Å². The average molecular weight is 286 g/mol. The summed E-state index contributed by atoms with van der Waals surface area (Å²) in [6.07, 6.45) is 3.26. The highest BCUT2D eigenvalue weighted by Gasteiger charge is 2.21. The van der Waals surface area contributed by atoms with Gasteiger partial charge in [0.2, 0.25) is 0 Å². The van der Waals surface area contributed by atoms with Crippen LogP contribution in [0.4, 0.5) is 4.39 Å². The lowest BCUT2D eigenvalue weighted by molar-refractivity contribution is -0.000186. The smallest absolute Gasteiger partial charge is 0.255 e. The number of rotatable bonds is 3.